The third-order valence-electron chi connectivity index (χ3n) is 4.01. The first-order chi connectivity index (χ1) is 11.5. The summed E-state index contributed by atoms with van der Waals surface area (Å²) in [5.74, 6) is -0.0492. The molecule has 0 fully saturated rings. The van der Waals surface area contributed by atoms with Crippen molar-refractivity contribution in [1.29, 1.82) is 0 Å². The Morgan fingerprint density at radius 1 is 1.08 bits per heavy atom. The minimum Gasteiger partial charge on any atom is -0.481 e. The van der Waals surface area contributed by atoms with E-state index in [0.717, 1.165) is 18.4 Å². The Kier molecular flexibility index (Phi) is 6.36. The Bertz CT molecular complexity index is 683. The molecule has 0 heterocycles. The SMILES string of the molecule is CCc1ccc(CC)c(CNC(=O)[C@@H](C)Oc2ccc(F)cc2)c1. The van der Waals surface area contributed by atoms with Crippen molar-refractivity contribution in [2.24, 2.45) is 0 Å². The van der Waals surface area contributed by atoms with Gasteiger partial charge in [-0.15, -0.1) is 0 Å². The van der Waals surface area contributed by atoms with Crippen LogP contribution in [0.2, 0.25) is 0 Å². The van der Waals surface area contributed by atoms with Gasteiger partial charge in [0.25, 0.3) is 5.91 Å². The lowest BCUT2D eigenvalue weighted by Crippen LogP contribution is -2.36. The van der Waals surface area contributed by atoms with E-state index < -0.39 is 6.10 Å². The molecule has 1 N–H and O–H groups in total. The van der Waals surface area contributed by atoms with E-state index in [4.69, 9.17) is 4.74 Å². The predicted molar refractivity (Wildman–Crippen MR) is 93.5 cm³/mol. The largest absolute Gasteiger partial charge is 0.481 e. The Balaban J connectivity index is 1.95. The number of rotatable bonds is 7. The van der Waals surface area contributed by atoms with Gasteiger partial charge in [0.1, 0.15) is 11.6 Å². The fraction of sp³-hybridized carbons (Fsp3) is 0.350. The number of ether oxygens (including phenoxy) is 1. The van der Waals surface area contributed by atoms with E-state index in [1.807, 2.05) is 0 Å². The first kappa shape index (κ1) is 18.0. The lowest BCUT2D eigenvalue weighted by Gasteiger charge is -2.16. The van der Waals surface area contributed by atoms with Crippen LogP contribution in [0.4, 0.5) is 4.39 Å². The third-order valence-corrected chi connectivity index (χ3v) is 4.01. The molecule has 2 rings (SSSR count). The number of hydrogen-bond donors (Lipinski definition) is 1. The van der Waals surface area contributed by atoms with E-state index in [9.17, 15) is 9.18 Å². The number of amides is 1. The van der Waals surface area contributed by atoms with Gasteiger partial charge in [0, 0.05) is 6.54 Å². The Morgan fingerprint density at radius 2 is 1.79 bits per heavy atom. The van der Waals surface area contributed by atoms with Crippen LogP contribution < -0.4 is 10.1 Å². The molecular formula is C20H24FNO2. The average Bonchev–Trinajstić information content (AvgIpc) is 2.61. The zero-order chi connectivity index (χ0) is 17.5. The molecule has 0 saturated carbocycles. The van der Waals surface area contributed by atoms with Crippen molar-refractivity contribution in [3.8, 4) is 5.75 Å². The van der Waals surface area contributed by atoms with Crippen LogP contribution in [0.25, 0.3) is 0 Å². The summed E-state index contributed by atoms with van der Waals surface area (Å²) in [5, 5.41) is 2.92. The lowest BCUT2D eigenvalue weighted by molar-refractivity contribution is -0.127. The molecule has 0 saturated heterocycles. The molecule has 1 atom stereocenters. The number of halogens is 1. The zero-order valence-electron chi connectivity index (χ0n) is 14.4. The van der Waals surface area contributed by atoms with Gasteiger partial charge in [0.15, 0.2) is 6.10 Å². The van der Waals surface area contributed by atoms with Crippen molar-refractivity contribution in [2.45, 2.75) is 46.3 Å². The van der Waals surface area contributed by atoms with E-state index in [2.05, 4.69) is 37.4 Å². The molecule has 0 spiro atoms. The van der Waals surface area contributed by atoms with Crippen molar-refractivity contribution in [3.63, 3.8) is 0 Å². The quantitative estimate of drug-likeness (QED) is 0.833. The third kappa shape index (κ3) is 4.82. The topological polar surface area (TPSA) is 38.3 Å². The van der Waals surface area contributed by atoms with E-state index in [-0.39, 0.29) is 11.7 Å². The van der Waals surface area contributed by atoms with Crippen LogP contribution in [0.5, 0.6) is 5.75 Å². The maximum Gasteiger partial charge on any atom is 0.261 e. The molecule has 1 amide bonds. The Hall–Kier alpha value is -2.36. The van der Waals surface area contributed by atoms with E-state index in [0.29, 0.717) is 12.3 Å². The highest BCUT2D eigenvalue weighted by atomic mass is 19.1. The molecule has 0 aliphatic heterocycles. The zero-order valence-corrected chi connectivity index (χ0v) is 14.4. The first-order valence-corrected chi connectivity index (χ1v) is 8.34. The minimum absolute atomic E-state index is 0.191. The van der Waals surface area contributed by atoms with Crippen molar-refractivity contribution < 1.29 is 13.9 Å². The van der Waals surface area contributed by atoms with Crippen LogP contribution in [0.3, 0.4) is 0 Å². The second-order valence-electron chi connectivity index (χ2n) is 5.74. The Morgan fingerprint density at radius 3 is 2.42 bits per heavy atom. The number of nitrogens with one attached hydrogen (secondary N) is 1. The first-order valence-electron chi connectivity index (χ1n) is 8.34. The van der Waals surface area contributed by atoms with Gasteiger partial charge in [-0.05, 0) is 60.7 Å². The summed E-state index contributed by atoms with van der Waals surface area (Å²) < 4.78 is 18.4. The summed E-state index contributed by atoms with van der Waals surface area (Å²) in [6.45, 7) is 6.38. The van der Waals surface area contributed by atoms with Crippen molar-refractivity contribution in [1.82, 2.24) is 5.32 Å². The molecule has 0 aliphatic carbocycles. The molecular weight excluding hydrogens is 305 g/mol. The number of carbonyl (C=O) groups excluding carboxylic acids is 1. The highest BCUT2D eigenvalue weighted by Crippen LogP contribution is 2.15. The van der Waals surface area contributed by atoms with Crippen LogP contribution >= 0.6 is 0 Å². The van der Waals surface area contributed by atoms with Crippen molar-refractivity contribution in [2.75, 3.05) is 0 Å². The van der Waals surface area contributed by atoms with Crippen LogP contribution in [0.1, 0.15) is 37.5 Å². The van der Waals surface area contributed by atoms with Gasteiger partial charge in [-0.2, -0.15) is 0 Å². The van der Waals surface area contributed by atoms with Gasteiger partial charge < -0.3 is 10.1 Å². The molecule has 0 bridgehead atoms. The van der Waals surface area contributed by atoms with E-state index in [1.54, 1.807) is 6.92 Å². The van der Waals surface area contributed by atoms with E-state index in [1.165, 1.54) is 35.4 Å². The van der Waals surface area contributed by atoms with E-state index >= 15 is 0 Å². The fourth-order valence-corrected chi connectivity index (χ4v) is 2.51. The lowest BCUT2D eigenvalue weighted by atomic mass is 10.0. The second-order valence-corrected chi connectivity index (χ2v) is 5.74. The van der Waals surface area contributed by atoms with Crippen LogP contribution in [0.15, 0.2) is 42.5 Å². The molecule has 0 unspecified atom stereocenters. The van der Waals surface area contributed by atoms with Gasteiger partial charge in [-0.3, -0.25) is 4.79 Å². The molecule has 0 radical (unpaired) electrons. The van der Waals surface area contributed by atoms with Crippen molar-refractivity contribution in [3.05, 3.63) is 65.0 Å². The Labute approximate surface area is 142 Å². The fourth-order valence-electron chi connectivity index (χ4n) is 2.51. The van der Waals surface area contributed by atoms with Crippen LogP contribution in [-0.2, 0) is 24.2 Å². The summed E-state index contributed by atoms with van der Waals surface area (Å²) in [7, 11) is 0. The molecule has 2 aromatic carbocycles. The summed E-state index contributed by atoms with van der Waals surface area (Å²) in [6.07, 6.45) is 1.25. The summed E-state index contributed by atoms with van der Waals surface area (Å²) in [6, 6.07) is 12.0. The standard InChI is InChI=1S/C20H24FNO2/c1-4-15-6-7-16(5-2)17(12-15)13-22-20(23)14(3)24-19-10-8-18(21)9-11-19/h6-12,14H,4-5,13H2,1-3H3,(H,22,23)/t14-/m1/s1. The smallest absolute Gasteiger partial charge is 0.261 e. The molecule has 2 aromatic rings. The number of carbonyl (C=O) groups is 1. The molecule has 0 aromatic heterocycles. The van der Waals surface area contributed by atoms with Gasteiger partial charge in [-0.25, -0.2) is 4.39 Å². The van der Waals surface area contributed by atoms with Crippen molar-refractivity contribution >= 4 is 5.91 Å². The number of benzene rings is 2. The summed E-state index contributed by atoms with van der Waals surface area (Å²) >= 11 is 0. The second kappa shape index (κ2) is 8.48. The summed E-state index contributed by atoms with van der Waals surface area (Å²) in [5.41, 5.74) is 3.63. The number of aryl methyl sites for hydroxylation is 2. The minimum atomic E-state index is -0.644. The molecule has 3 nitrogen and oxygen atoms in total. The molecule has 24 heavy (non-hydrogen) atoms. The van der Waals surface area contributed by atoms with Gasteiger partial charge in [-0.1, -0.05) is 32.0 Å². The highest BCUT2D eigenvalue weighted by Gasteiger charge is 2.15. The predicted octanol–water partition coefficient (Wildman–Crippen LogP) is 4.03. The average molecular weight is 329 g/mol. The number of hydrogen-bond acceptors (Lipinski definition) is 2. The van der Waals surface area contributed by atoms with Gasteiger partial charge in [0.2, 0.25) is 0 Å². The summed E-state index contributed by atoms with van der Waals surface area (Å²) in [4.78, 5) is 12.2. The van der Waals surface area contributed by atoms with Gasteiger partial charge in [0.05, 0.1) is 0 Å². The molecule has 0 aliphatic rings. The molecule has 128 valence electrons. The molecule has 4 heteroatoms. The van der Waals surface area contributed by atoms with Gasteiger partial charge >= 0.3 is 0 Å². The highest BCUT2D eigenvalue weighted by molar-refractivity contribution is 5.80. The maximum atomic E-state index is 12.9. The normalized spacial score (nSPS) is 11.8. The monoisotopic (exact) mass is 329 g/mol. The van der Waals surface area contributed by atoms with Crippen LogP contribution in [0, 0.1) is 5.82 Å². The maximum absolute atomic E-state index is 12.9. The van der Waals surface area contributed by atoms with Crippen LogP contribution in [-0.4, -0.2) is 12.0 Å².